The van der Waals surface area contributed by atoms with E-state index in [0.717, 1.165) is 14.9 Å². The molecule has 3 N–H and O–H groups in total. The summed E-state index contributed by atoms with van der Waals surface area (Å²) in [4.78, 5) is 40.8. The summed E-state index contributed by atoms with van der Waals surface area (Å²) in [6.07, 6.45) is 1.51. The highest BCUT2D eigenvalue weighted by Gasteiger charge is 2.24. The summed E-state index contributed by atoms with van der Waals surface area (Å²) >= 11 is 4.74. The summed E-state index contributed by atoms with van der Waals surface area (Å²) in [5, 5.41) is 7.76. The maximum atomic E-state index is 14.3. The summed E-state index contributed by atoms with van der Waals surface area (Å²) in [6, 6.07) is 34.4. The Labute approximate surface area is 294 Å². The van der Waals surface area contributed by atoms with Gasteiger partial charge in [0.05, 0.1) is 5.56 Å². The van der Waals surface area contributed by atoms with Gasteiger partial charge in [0.25, 0.3) is 11.8 Å². The van der Waals surface area contributed by atoms with Crippen molar-refractivity contribution in [3.63, 3.8) is 0 Å². The fraction of sp³-hybridized carbons (Fsp3) is 0.0789. The molecule has 0 fully saturated rings. The van der Waals surface area contributed by atoms with Crippen LogP contribution in [0.1, 0.15) is 26.7 Å². The van der Waals surface area contributed by atoms with Gasteiger partial charge in [-0.3, -0.25) is 14.4 Å². The number of carbonyl (C=O) groups excluding carboxylic acids is 3. The zero-order valence-corrected chi connectivity index (χ0v) is 28.2. The number of thioether (sulfide) groups is 1. The van der Waals surface area contributed by atoms with Gasteiger partial charge in [0.15, 0.2) is 11.5 Å². The zero-order valence-electron chi connectivity index (χ0n) is 25.8. The number of amides is 3. The van der Waals surface area contributed by atoms with Crippen molar-refractivity contribution >= 4 is 62.9 Å². The van der Waals surface area contributed by atoms with Crippen molar-refractivity contribution in [1.29, 1.82) is 0 Å². The molecule has 0 bridgehead atoms. The van der Waals surface area contributed by atoms with Crippen LogP contribution in [0.25, 0.3) is 6.08 Å². The first kappa shape index (κ1) is 33.5. The van der Waals surface area contributed by atoms with Crippen LogP contribution in [-0.4, -0.2) is 30.9 Å². The first-order valence-electron chi connectivity index (χ1n) is 15.2. The summed E-state index contributed by atoms with van der Waals surface area (Å²) < 4.78 is 26.4. The van der Waals surface area contributed by atoms with E-state index in [1.54, 1.807) is 72.8 Å². The molecule has 6 rings (SSSR count). The summed E-state index contributed by atoms with van der Waals surface area (Å²) in [5.41, 5.74) is 2.23. The lowest BCUT2D eigenvalue weighted by molar-refractivity contribution is -0.116. The molecule has 1 atom stereocenters. The number of fused-ring (bicyclic) bond motifs is 1. The smallest absolute Gasteiger partial charge is 0.272 e. The Morgan fingerprint density at radius 1 is 0.755 bits per heavy atom. The summed E-state index contributed by atoms with van der Waals surface area (Å²) in [6.45, 7) is 0.915. The van der Waals surface area contributed by atoms with Crippen molar-refractivity contribution in [3.05, 3.63) is 154 Å². The minimum Gasteiger partial charge on any atom is -0.486 e. The van der Waals surface area contributed by atoms with Gasteiger partial charge in [0.2, 0.25) is 5.91 Å². The van der Waals surface area contributed by atoms with Crippen molar-refractivity contribution in [1.82, 2.24) is 5.32 Å². The van der Waals surface area contributed by atoms with Gasteiger partial charge in [-0.25, -0.2) is 4.39 Å². The van der Waals surface area contributed by atoms with Gasteiger partial charge in [-0.2, -0.15) is 0 Å². The van der Waals surface area contributed by atoms with Gasteiger partial charge in [0.1, 0.15) is 30.0 Å². The number of hydrogen-bond acceptors (Lipinski definition) is 6. The maximum Gasteiger partial charge on any atom is 0.272 e. The number of anilines is 2. The first-order valence-corrected chi connectivity index (χ1v) is 16.9. The van der Waals surface area contributed by atoms with Gasteiger partial charge in [-0.1, -0.05) is 70.5 Å². The van der Waals surface area contributed by atoms with Crippen molar-refractivity contribution in [3.8, 4) is 11.5 Å². The normalized spacial score (nSPS) is 12.8. The minimum atomic E-state index is -0.759. The molecule has 0 aromatic heterocycles. The summed E-state index contributed by atoms with van der Waals surface area (Å²) in [5.74, 6) is -1.08. The van der Waals surface area contributed by atoms with Crippen LogP contribution in [0.15, 0.2) is 136 Å². The third-order valence-corrected chi connectivity index (χ3v) is 9.10. The molecule has 5 aromatic carbocycles. The molecule has 0 saturated carbocycles. The topological polar surface area (TPSA) is 106 Å². The van der Waals surface area contributed by atoms with Crippen molar-refractivity contribution in [2.75, 3.05) is 23.8 Å². The average molecular weight is 739 g/mol. The lowest BCUT2D eigenvalue weighted by Gasteiger charge is -2.20. The van der Waals surface area contributed by atoms with Crippen LogP contribution >= 0.6 is 27.7 Å². The highest BCUT2D eigenvalue weighted by molar-refractivity contribution is 9.10. The molecule has 1 aliphatic rings. The van der Waals surface area contributed by atoms with E-state index in [4.69, 9.17) is 9.47 Å². The van der Waals surface area contributed by atoms with E-state index >= 15 is 0 Å². The zero-order chi connectivity index (χ0) is 34.2. The van der Waals surface area contributed by atoms with Crippen LogP contribution in [0.4, 0.5) is 15.8 Å². The van der Waals surface area contributed by atoms with E-state index in [1.807, 2.05) is 30.3 Å². The highest BCUT2D eigenvalue weighted by Crippen LogP contribution is 2.38. The second kappa shape index (κ2) is 15.7. The maximum absolute atomic E-state index is 14.3. The second-order valence-electron chi connectivity index (χ2n) is 10.8. The van der Waals surface area contributed by atoms with Gasteiger partial charge >= 0.3 is 0 Å². The van der Waals surface area contributed by atoms with Crippen LogP contribution in [0.3, 0.4) is 0 Å². The van der Waals surface area contributed by atoms with E-state index in [0.29, 0.717) is 41.7 Å². The Morgan fingerprint density at radius 3 is 2.16 bits per heavy atom. The molecule has 0 unspecified atom stereocenters. The molecule has 11 heteroatoms. The lowest BCUT2D eigenvalue weighted by atomic mass is 10.1. The molecule has 8 nitrogen and oxygen atoms in total. The number of benzene rings is 5. The number of halogens is 2. The standard InChI is InChI=1S/C38H29BrFN3O5S/c39-26-12-10-24(11-13-26)22-32(43-36(44)30-8-4-5-9-31(30)40)37(45)41-27-14-17-29(18-15-27)49-35(25-6-2-1-3-7-25)38(46)42-28-16-19-33-34(23-28)48-21-20-47-33/h1-19,22-23,35H,20-21H2,(H,41,45)(H,42,46)(H,43,44)/b32-22-/t35-/m1/s1. The Hall–Kier alpha value is -5.39. The van der Waals surface area contributed by atoms with Gasteiger partial charge < -0.3 is 25.4 Å². The molecule has 0 radical (unpaired) electrons. The SMILES string of the molecule is O=C(Nc1ccc(S[C@@H](C(=O)Nc2ccc3c(c2)OCCO3)c2ccccc2)cc1)/C(=C/c1ccc(Br)cc1)NC(=O)c1ccccc1F. The Morgan fingerprint density at radius 2 is 1.43 bits per heavy atom. The van der Waals surface area contributed by atoms with Crippen molar-refractivity contribution in [2.45, 2.75) is 10.1 Å². The Bertz CT molecular complexity index is 2010. The largest absolute Gasteiger partial charge is 0.486 e. The van der Waals surface area contributed by atoms with E-state index in [2.05, 4.69) is 31.9 Å². The molecule has 3 amide bonds. The lowest BCUT2D eigenvalue weighted by Crippen LogP contribution is -2.31. The number of hydrogen-bond donors (Lipinski definition) is 3. The van der Waals surface area contributed by atoms with E-state index in [-0.39, 0.29) is 17.2 Å². The monoisotopic (exact) mass is 737 g/mol. The number of carbonyl (C=O) groups is 3. The van der Waals surface area contributed by atoms with E-state index in [1.165, 1.54) is 36.0 Å². The molecule has 49 heavy (non-hydrogen) atoms. The fourth-order valence-corrected chi connectivity index (χ4v) is 6.19. The van der Waals surface area contributed by atoms with Crippen LogP contribution in [0.5, 0.6) is 11.5 Å². The second-order valence-corrected chi connectivity index (χ2v) is 12.9. The van der Waals surface area contributed by atoms with Gasteiger partial charge in [-0.15, -0.1) is 11.8 Å². The third-order valence-electron chi connectivity index (χ3n) is 7.31. The van der Waals surface area contributed by atoms with Gasteiger partial charge in [-0.05, 0) is 77.9 Å². The van der Waals surface area contributed by atoms with E-state index < -0.39 is 22.9 Å². The molecule has 0 saturated heterocycles. The first-order chi connectivity index (χ1) is 23.8. The highest BCUT2D eigenvalue weighted by atomic mass is 79.9. The molecule has 0 aliphatic carbocycles. The Kier molecular flexibility index (Phi) is 10.7. The third kappa shape index (κ3) is 8.75. The number of nitrogens with one attached hydrogen (secondary N) is 3. The predicted molar refractivity (Wildman–Crippen MR) is 192 cm³/mol. The number of ether oxygens (including phenoxy) is 2. The van der Waals surface area contributed by atoms with Crippen molar-refractivity contribution < 1.29 is 28.2 Å². The number of rotatable bonds is 10. The molecule has 1 aliphatic heterocycles. The van der Waals surface area contributed by atoms with Crippen LogP contribution in [0.2, 0.25) is 0 Å². The molecule has 0 spiro atoms. The van der Waals surface area contributed by atoms with Crippen LogP contribution in [-0.2, 0) is 9.59 Å². The minimum absolute atomic E-state index is 0.0750. The Balaban J connectivity index is 1.18. The fourth-order valence-electron chi connectivity index (χ4n) is 4.90. The van der Waals surface area contributed by atoms with Crippen molar-refractivity contribution in [2.24, 2.45) is 0 Å². The molecule has 1 heterocycles. The van der Waals surface area contributed by atoms with Crippen LogP contribution in [0, 0.1) is 5.82 Å². The molecule has 246 valence electrons. The average Bonchev–Trinajstić information content (AvgIpc) is 3.12. The van der Waals surface area contributed by atoms with Crippen LogP contribution < -0.4 is 25.4 Å². The summed E-state index contributed by atoms with van der Waals surface area (Å²) in [7, 11) is 0. The molecular formula is C38H29BrFN3O5S. The van der Waals surface area contributed by atoms with Gasteiger partial charge in [0, 0.05) is 26.8 Å². The molecular weight excluding hydrogens is 709 g/mol. The predicted octanol–water partition coefficient (Wildman–Crippen LogP) is 8.24. The quantitative estimate of drug-likeness (QED) is 0.0985. The molecule has 5 aromatic rings. The van der Waals surface area contributed by atoms with E-state index in [9.17, 15) is 18.8 Å².